The van der Waals surface area contributed by atoms with E-state index in [1.54, 1.807) is 44.7 Å². The first-order valence-corrected chi connectivity index (χ1v) is 12.2. The number of nitrogens with zero attached hydrogens (tertiary/aromatic N) is 4. The zero-order valence-electron chi connectivity index (χ0n) is 21.3. The fourth-order valence-corrected chi connectivity index (χ4v) is 4.81. The van der Waals surface area contributed by atoms with Crippen molar-refractivity contribution in [3.8, 4) is 12.1 Å². The smallest absolute Gasteiger partial charge is 0.410 e. The molecule has 0 spiro atoms. The van der Waals surface area contributed by atoms with Gasteiger partial charge < -0.3 is 14.6 Å². The summed E-state index contributed by atoms with van der Waals surface area (Å²) in [7, 11) is 0. The highest BCUT2D eigenvalue weighted by Crippen LogP contribution is 2.42. The van der Waals surface area contributed by atoms with Crippen molar-refractivity contribution in [2.24, 2.45) is 0 Å². The van der Waals surface area contributed by atoms with Gasteiger partial charge in [0.1, 0.15) is 5.60 Å². The molecule has 1 aliphatic carbocycles. The number of aryl methyl sites for hydroxylation is 1. The highest BCUT2D eigenvalue weighted by atomic mass is 16.6. The van der Waals surface area contributed by atoms with Gasteiger partial charge in [0.25, 0.3) is 5.56 Å². The Bertz CT molecular complexity index is 1300. The average molecular weight is 492 g/mol. The monoisotopic (exact) mass is 491 g/mol. The molecular formula is C27H33N5O4. The van der Waals surface area contributed by atoms with Crippen LogP contribution in [0.3, 0.4) is 0 Å². The molecule has 1 aromatic carbocycles. The third-order valence-electron chi connectivity index (χ3n) is 6.68. The number of rotatable bonds is 6. The summed E-state index contributed by atoms with van der Waals surface area (Å²) in [5.41, 5.74) is -0.638. The van der Waals surface area contributed by atoms with Crippen LogP contribution in [-0.4, -0.2) is 38.7 Å². The van der Waals surface area contributed by atoms with Crippen molar-refractivity contribution in [3.05, 3.63) is 68.0 Å². The number of carbonyl (C=O) groups excluding carboxylic acids is 1. The maximum Gasteiger partial charge on any atom is 0.410 e. The predicted molar refractivity (Wildman–Crippen MR) is 134 cm³/mol. The number of ether oxygens (including phenoxy) is 1. The van der Waals surface area contributed by atoms with E-state index in [-0.39, 0.29) is 18.1 Å². The van der Waals surface area contributed by atoms with Gasteiger partial charge in [-0.1, -0.05) is 18.2 Å². The Morgan fingerprint density at radius 3 is 2.50 bits per heavy atom. The lowest BCUT2D eigenvalue weighted by atomic mass is 9.68. The summed E-state index contributed by atoms with van der Waals surface area (Å²) in [5.74, 6) is 0. The second-order valence-corrected chi connectivity index (χ2v) is 10.3. The molecule has 0 saturated heterocycles. The summed E-state index contributed by atoms with van der Waals surface area (Å²) in [5, 5.41) is 19.7. The molecule has 3 rings (SSSR count). The molecule has 0 aliphatic heterocycles. The molecule has 1 N–H and O–H groups in total. The van der Waals surface area contributed by atoms with Gasteiger partial charge in [-0.05, 0) is 71.4 Å². The van der Waals surface area contributed by atoms with Crippen LogP contribution in [0.2, 0.25) is 0 Å². The second kappa shape index (κ2) is 10.8. The van der Waals surface area contributed by atoms with Crippen molar-refractivity contribution in [1.82, 2.24) is 14.5 Å². The lowest BCUT2D eigenvalue weighted by Crippen LogP contribution is -2.48. The molecule has 1 amide bonds. The van der Waals surface area contributed by atoms with Crippen LogP contribution in [0, 0.1) is 29.6 Å². The van der Waals surface area contributed by atoms with Gasteiger partial charge in [-0.3, -0.25) is 9.36 Å². The summed E-state index contributed by atoms with van der Waals surface area (Å²) >= 11 is 0. The molecule has 1 fully saturated rings. The molecular weight excluding hydrogens is 458 g/mol. The molecule has 1 aliphatic rings. The Balaban J connectivity index is 1.79. The standard InChI is InChI=1S/C27H33N5O4/c1-19-17-30-24(34)32(23(19)33)15-7-14-31(25(35)36-26(2,3)4)21-10-12-27(18-29,13-11-21)22-9-6-5-8-20(22)16-28/h5-6,8-9,17,21H,7,10-15H2,1-4H3,(H,30,34)/t21-,27+. The molecule has 0 unspecified atom stereocenters. The molecule has 0 radical (unpaired) electrons. The number of amides is 1. The maximum absolute atomic E-state index is 13.1. The Morgan fingerprint density at radius 1 is 1.22 bits per heavy atom. The van der Waals surface area contributed by atoms with Crippen molar-refractivity contribution in [2.45, 2.75) is 83.4 Å². The molecule has 9 heteroatoms. The summed E-state index contributed by atoms with van der Waals surface area (Å²) in [6, 6.07) is 11.7. The minimum absolute atomic E-state index is 0.164. The number of hydrogen-bond donors (Lipinski definition) is 1. The first-order chi connectivity index (χ1) is 17.0. The van der Waals surface area contributed by atoms with E-state index >= 15 is 0 Å². The first-order valence-electron chi connectivity index (χ1n) is 12.2. The Kier molecular flexibility index (Phi) is 8.04. The van der Waals surface area contributed by atoms with Crippen molar-refractivity contribution < 1.29 is 9.53 Å². The van der Waals surface area contributed by atoms with E-state index in [0.717, 1.165) is 10.1 Å². The highest BCUT2D eigenvalue weighted by molar-refractivity contribution is 5.68. The zero-order chi connectivity index (χ0) is 26.5. The maximum atomic E-state index is 13.1. The normalized spacial score (nSPS) is 19.7. The molecule has 1 heterocycles. The largest absolute Gasteiger partial charge is 0.444 e. The molecule has 9 nitrogen and oxygen atoms in total. The highest BCUT2D eigenvalue weighted by Gasteiger charge is 2.41. The molecule has 190 valence electrons. The fourth-order valence-electron chi connectivity index (χ4n) is 4.81. The van der Waals surface area contributed by atoms with Gasteiger partial charge in [0.05, 0.1) is 23.1 Å². The number of aromatic amines is 1. The van der Waals surface area contributed by atoms with Crippen molar-refractivity contribution in [2.75, 3.05) is 6.54 Å². The van der Waals surface area contributed by atoms with Gasteiger partial charge in [-0.25, -0.2) is 9.59 Å². The summed E-state index contributed by atoms with van der Waals surface area (Å²) in [6.45, 7) is 7.50. The van der Waals surface area contributed by atoms with Crippen LogP contribution >= 0.6 is 0 Å². The minimum Gasteiger partial charge on any atom is -0.444 e. The van der Waals surface area contributed by atoms with Gasteiger partial charge in [-0.2, -0.15) is 10.5 Å². The molecule has 1 aromatic heterocycles. The Morgan fingerprint density at radius 2 is 1.89 bits per heavy atom. The second-order valence-electron chi connectivity index (χ2n) is 10.3. The van der Waals surface area contributed by atoms with Crippen LogP contribution in [0.5, 0.6) is 0 Å². The van der Waals surface area contributed by atoms with E-state index in [0.29, 0.717) is 49.8 Å². The van der Waals surface area contributed by atoms with Gasteiger partial charge in [0.15, 0.2) is 0 Å². The Labute approximate surface area is 210 Å². The van der Waals surface area contributed by atoms with E-state index < -0.39 is 22.8 Å². The van der Waals surface area contributed by atoms with Crippen molar-refractivity contribution in [1.29, 1.82) is 10.5 Å². The fraction of sp³-hybridized carbons (Fsp3) is 0.519. The van der Waals surface area contributed by atoms with E-state index in [4.69, 9.17) is 4.74 Å². The molecule has 0 atom stereocenters. The number of aromatic nitrogens is 2. The quantitative estimate of drug-likeness (QED) is 0.654. The number of nitrogens with one attached hydrogen (secondary N) is 1. The lowest BCUT2D eigenvalue weighted by Gasteiger charge is -2.41. The van der Waals surface area contributed by atoms with Crippen LogP contribution in [0.1, 0.15) is 69.6 Å². The lowest BCUT2D eigenvalue weighted by molar-refractivity contribution is 0.00978. The third-order valence-corrected chi connectivity index (χ3v) is 6.68. The Hall–Kier alpha value is -3.85. The van der Waals surface area contributed by atoms with Gasteiger partial charge in [0.2, 0.25) is 0 Å². The molecule has 0 bridgehead atoms. The van der Waals surface area contributed by atoms with E-state index in [9.17, 15) is 24.9 Å². The van der Waals surface area contributed by atoms with E-state index in [1.807, 2.05) is 12.1 Å². The van der Waals surface area contributed by atoms with Crippen LogP contribution < -0.4 is 11.2 Å². The third kappa shape index (κ3) is 5.85. The van der Waals surface area contributed by atoms with Crippen molar-refractivity contribution in [3.63, 3.8) is 0 Å². The van der Waals surface area contributed by atoms with Gasteiger partial charge in [-0.15, -0.1) is 0 Å². The number of carbonyl (C=O) groups is 1. The van der Waals surface area contributed by atoms with E-state index in [2.05, 4.69) is 17.1 Å². The summed E-state index contributed by atoms with van der Waals surface area (Å²) in [6.07, 6.45) is 3.46. The SMILES string of the molecule is Cc1c[nH]c(=O)n(CCCN(C(=O)OC(C)(C)C)[C@H]2CC[C@@](C#N)(c3ccccc3C#N)CC2)c1=O. The van der Waals surface area contributed by atoms with Gasteiger partial charge in [0, 0.05) is 30.9 Å². The van der Waals surface area contributed by atoms with Crippen LogP contribution in [0.15, 0.2) is 40.1 Å². The average Bonchev–Trinajstić information content (AvgIpc) is 2.85. The summed E-state index contributed by atoms with van der Waals surface area (Å²) < 4.78 is 6.81. The number of nitriles is 2. The van der Waals surface area contributed by atoms with Crippen LogP contribution in [-0.2, 0) is 16.7 Å². The van der Waals surface area contributed by atoms with Crippen molar-refractivity contribution >= 4 is 6.09 Å². The number of H-pyrrole nitrogens is 1. The molecule has 1 saturated carbocycles. The van der Waals surface area contributed by atoms with Crippen LogP contribution in [0.25, 0.3) is 0 Å². The molecule has 36 heavy (non-hydrogen) atoms. The van der Waals surface area contributed by atoms with Crippen LogP contribution in [0.4, 0.5) is 4.79 Å². The number of benzene rings is 1. The predicted octanol–water partition coefficient (Wildman–Crippen LogP) is 3.75. The van der Waals surface area contributed by atoms with Gasteiger partial charge >= 0.3 is 11.8 Å². The zero-order valence-corrected chi connectivity index (χ0v) is 21.3. The topological polar surface area (TPSA) is 132 Å². The van der Waals surface area contributed by atoms with E-state index in [1.165, 1.54) is 6.20 Å². The number of hydrogen-bond acceptors (Lipinski definition) is 6. The molecule has 2 aromatic rings. The minimum atomic E-state index is -0.787. The summed E-state index contributed by atoms with van der Waals surface area (Å²) in [4.78, 5) is 41.9. The first kappa shape index (κ1) is 26.7.